The largest absolute Gasteiger partial charge is 0.326 e. The molecule has 1 heterocycles. The highest BCUT2D eigenvalue weighted by Gasteiger charge is 2.08. The number of pyridine rings is 1. The topological polar surface area (TPSA) is 71.1 Å². The van der Waals surface area contributed by atoms with Gasteiger partial charge in [0.2, 0.25) is 5.91 Å². The Balaban J connectivity index is 1.65. The van der Waals surface area contributed by atoms with Gasteiger partial charge in [-0.15, -0.1) is 0 Å². The number of hydrogen-bond donors (Lipinski definition) is 2. The molecule has 26 heavy (non-hydrogen) atoms. The molecule has 0 aliphatic heterocycles. The molecule has 0 aliphatic carbocycles. The van der Waals surface area contributed by atoms with Crippen LogP contribution < -0.4 is 10.6 Å². The predicted octanol–water partition coefficient (Wildman–Crippen LogP) is 3.82. The monoisotopic (exact) mass is 345 g/mol. The van der Waals surface area contributed by atoms with E-state index < -0.39 is 0 Å². The highest BCUT2D eigenvalue weighted by molar-refractivity contribution is 6.04. The molecule has 2 aromatic carbocycles. The molecular formula is C21H19N3O2. The summed E-state index contributed by atoms with van der Waals surface area (Å²) in [5.74, 6) is -0.350. The summed E-state index contributed by atoms with van der Waals surface area (Å²) in [5.41, 5.74) is 3.78. The highest BCUT2D eigenvalue weighted by atomic mass is 16.2. The summed E-state index contributed by atoms with van der Waals surface area (Å²) in [6.45, 7) is 1.98. The third-order valence-electron chi connectivity index (χ3n) is 3.94. The zero-order chi connectivity index (χ0) is 18.4. The number of aromatic nitrogens is 1. The lowest BCUT2D eigenvalue weighted by atomic mass is 10.1. The molecule has 5 heteroatoms. The molecule has 0 fully saturated rings. The van der Waals surface area contributed by atoms with E-state index in [4.69, 9.17) is 0 Å². The number of amides is 2. The Labute approximate surface area is 152 Å². The van der Waals surface area contributed by atoms with Gasteiger partial charge in [-0.1, -0.05) is 30.3 Å². The summed E-state index contributed by atoms with van der Waals surface area (Å²) in [4.78, 5) is 28.4. The number of hydrogen-bond acceptors (Lipinski definition) is 3. The molecule has 0 aliphatic rings. The summed E-state index contributed by atoms with van der Waals surface area (Å²) in [5, 5.41) is 5.67. The quantitative estimate of drug-likeness (QED) is 0.738. The Hall–Kier alpha value is -3.47. The Bertz CT molecular complexity index is 923. The average molecular weight is 345 g/mol. The van der Waals surface area contributed by atoms with Crippen molar-refractivity contribution in [3.8, 4) is 0 Å². The van der Waals surface area contributed by atoms with Gasteiger partial charge in [0.25, 0.3) is 5.91 Å². The SMILES string of the molecule is Cc1ccccc1CC(=O)Nc1cccc(NC(=O)c2cccnc2)c1. The van der Waals surface area contributed by atoms with Crippen molar-refractivity contribution in [3.63, 3.8) is 0 Å². The van der Waals surface area contributed by atoms with Gasteiger partial charge in [-0.2, -0.15) is 0 Å². The standard InChI is InChI=1S/C21H19N3O2/c1-15-6-2-3-7-16(15)12-20(25)23-18-9-4-10-19(13-18)24-21(26)17-8-5-11-22-14-17/h2-11,13-14H,12H2,1H3,(H,23,25)(H,24,26). The third kappa shape index (κ3) is 4.54. The van der Waals surface area contributed by atoms with Gasteiger partial charge in [-0.3, -0.25) is 14.6 Å². The van der Waals surface area contributed by atoms with Crippen molar-refractivity contribution < 1.29 is 9.59 Å². The van der Waals surface area contributed by atoms with Crippen LogP contribution in [0.25, 0.3) is 0 Å². The van der Waals surface area contributed by atoms with Crippen molar-refractivity contribution in [1.29, 1.82) is 0 Å². The number of carbonyl (C=O) groups is 2. The van der Waals surface area contributed by atoms with Gasteiger partial charge in [0, 0.05) is 23.8 Å². The molecular weight excluding hydrogens is 326 g/mol. The summed E-state index contributed by atoms with van der Waals surface area (Å²) in [6, 6.07) is 18.3. The summed E-state index contributed by atoms with van der Waals surface area (Å²) >= 11 is 0. The first-order chi connectivity index (χ1) is 12.6. The van der Waals surface area contributed by atoms with E-state index in [0.717, 1.165) is 11.1 Å². The number of rotatable bonds is 5. The number of nitrogens with zero attached hydrogens (tertiary/aromatic N) is 1. The number of carbonyl (C=O) groups excluding carboxylic acids is 2. The molecule has 0 bridgehead atoms. The van der Waals surface area contributed by atoms with Crippen LogP contribution in [-0.4, -0.2) is 16.8 Å². The molecule has 0 unspecified atom stereocenters. The highest BCUT2D eigenvalue weighted by Crippen LogP contribution is 2.17. The molecule has 0 spiro atoms. The van der Waals surface area contributed by atoms with E-state index in [1.165, 1.54) is 6.20 Å². The van der Waals surface area contributed by atoms with Crippen LogP contribution >= 0.6 is 0 Å². The van der Waals surface area contributed by atoms with Gasteiger partial charge in [0.05, 0.1) is 12.0 Å². The molecule has 5 nitrogen and oxygen atoms in total. The average Bonchev–Trinajstić information content (AvgIpc) is 2.64. The molecule has 0 radical (unpaired) electrons. The fourth-order valence-electron chi connectivity index (χ4n) is 2.56. The molecule has 3 aromatic rings. The van der Waals surface area contributed by atoms with Crippen LogP contribution in [0.2, 0.25) is 0 Å². The predicted molar refractivity (Wildman–Crippen MR) is 102 cm³/mol. The number of anilines is 2. The lowest BCUT2D eigenvalue weighted by Crippen LogP contribution is -2.16. The fraction of sp³-hybridized carbons (Fsp3) is 0.0952. The van der Waals surface area contributed by atoms with Crippen molar-refractivity contribution >= 4 is 23.2 Å². The van der Waals surface area contributed by atoms with Gasteiger partial charge in [-0.05, 0) is 48.4 Å². The van der Waals surface area contributed by atoms with E-state index in [1.54, 1.807) is 42.6 Å². The minimum absolute atomic E-state index is 0.102. The Kier molecular flexibility index (Phi) is 5.39. The molecule has 0 saturated carbocycles. The molecule has 1 aromatic heterocycles. The van der Waals surface area contributed by atoms with Crippen LogP contribution in [-0.2, 0) is 11.2 Å². The van der Waals surface area contributed by atoms with E-state index in [2.05, 4.69) is 15.6 Å². The maximum atomic E-state index is 12.3. The third-order valence-corrected chi connectivity index (χ3v) is 3.94. The Morgan fingerprint density at radius 1 is 0.923 bits per heavy atom. The van der Waals surface area contributed by atoms with Crippen molar-refractivity contribution in [2.75, 3.05) is 10.6 Å². The first kappa shape index (κ1) is 17.4. The molecule has 130 valence electrons. The summed E-state index contributed by atoms with van der Waals surface area (Å²) in [6.07, 6.45) is 3.42. The number of benzene rings is 2. The molecule has 3 rings (SSSR count). The molecule has 0 saturated heterocycles. The fourth-order valence-corrected chi connectivity index (χ4v) is 2.56. The summed E-state index contributed by atoms with van der Waals surface area (Å²) in [7, 11) is 0. The van der Waals surface area contributed by atoms with Gasteiger partial charge in [0.15, 0.2) is 0 Å². The van der Waals surface area contributed by atoms with E-state index in [0.29, 0.717) is 23.4 Å². The number of nitrogens with one attached hydrogen (secondary N) is 2. The molecule has 2 N–H and O–H groups in total. The maximum absolute atomic E-state index is 12.3. The van der Waals surface area contributed by atoms with E-state index in [1.807, 2.05) is 31.2 Å². The molecule has 2 amide bonds. The van der Waals surface area contributed by atoms with Gasteiger partial charge < -0.3 is 10.6 Å². The first-order valence-corrected chi connectivity index (χ1v) is 8.27. The van der Waals surface area contributed by atoms with Crippen LogP contribution in [0.4, 0.5) is 11.4 Å². The zero-order valence-electron chi connectivity index (χ0n) is 14.4. The maximum Gasteiger partial charge on any atom is 0.257 e. The van der Waals surface area contributed by atoms with Gasteiger partial charge >= 0.3 is 0 Å². The van der Waals surface area contributed by atoms with Gasteiger partial charge in [-0.25, -0.2) is 0 Å². The zero-order valence-corrected chi connectivity index (χ0v) is 14.4. The van der Waals surface area contributed by atoms with Crippen molar-refractivity contribution in [2.45, 2.75) is 13.3 Å². The van der Waals surface area contributed by atoms with E-state index in [9.17, 15) is 9.59 Å². The Morgan fingerprint density at radius 3 is 2.42 bits per heavy atom. The van der Waals surface area contributed by atoms with Crippen molar-refractivity contribution in [1.82, 2.24) is 4.98 Å². The van der Waals surface area contributed by atoms with Crippen LogP contribution in [0.15, 0.2) is 73.1 Å². The first-order valence-electron chi connectivity index (χ1n) is 8.27. The minimum Gasteiger partial charge on any atom is -0.326 e. The van der Waals surface area contributed by atoms with Gasteiger partial charge in [0.1, 0.15) is 0 Å². The van der Waals surface area contributed by atoms with Crippen molar-refractivity contribution in [2.24, 2.45) is 0 Å². The number of aryl methyl sites for hydroxylation is 1. The van der Waals surface area contributed by atoms with E-state index in [-0.39, 0.29) is 11.8 Å². The van der Waals surface area contributed by atoms with Crippen LogP contribution in [0.5, 0.6) is 0 Å². The second kappa shape index (κ2) is 8.07. The lowest BCUT2D eigenvalue weighted by molar-refractivity contribution is -0.115. The van der Waals surface area contributed by atoms with Crippen molar-refractivity contribution in [3.05, 3.63) is 89.7 Å². The normalized spacial score (nSPS) is 10.2. The van der Waals surface area contributed by atoms with Crippen LogP contribution in [0, 0.1) is 6.92 Å². The molecule has 0 atom stereocenters. The van der Waals surface area contributed by atoms with Crippen LogP contribution in [0.3, 0.4) is 0 Å². The van der Waals surface area contributed by atoms with E-state index >= 15 is 0 Å². The second-order valence-corrected chi connectivity index (χ2v) is 5.93. The Morgan fingerprint density at radius 2 is 1.69 bits per heavy atom. The summed E-state index contributed by atoms with van der Waals surface area (Å²) < 4.78 is 0. The minimum atomic E-state index is -0.249. The van der Waals surface area contributed by atoms with Crippen LogP contribution in [0.1, 0.15) is 21.5 Å². The smallest absolute Gasteiger partial charge is 0.257 e. The lowest BCUT2D eigenvalue weighted by Gasteiger charge is -2.10. The second-order valence-electron chi connectivity index (χ2n) is 5.93.